The van der Waals surface area contributed by atoms with E-state index in [2.05, 4.69) is 6.92 Å². The van der Waals surface area contributed by atoms with Crippen LogP contribution in [0.15, 0.2) is 0 Å². The predicted octanol–water partition coefficient (Wildman–Crippen LogP) is 6.60. The van der Waals surface area contributed by atoms with Gasteiger partial charge in [0.05, 0.1) is 6.61 Å². The molecule has 0 rings (SSSR count). The van der Waals surface area contributed by atoms with Gasteiger partial charge in [-0.05, 0) is 18.8 Å². The molecule has 0 saturated heterocycles. The summed E-state index contributed by atoms with van der Waals surface area (Å²) in [5.41, 5.74) is -0.130. The van der Waals surface area contributed by atoms with Crippen LogP contribution in [0.3, 0.4) is 0 Å². The van der Waals surface area contributed by atoms with E-state index >= 15 is 0 Å². The fraction of sp³-hybridized carbons (Fsp3) is 0.913. The average molecular weight is 385 g/mol. The topological polar surface area (TPSA) is 52.6 Å². The van der Waals surface area contributed by atoms with Crippen molar-refractivity contribution in [3.8, 4) is 0 Å². The zero-order valence-corrected chi connectivity index (χ0v) is 18.6. The first-order valence-corrected chi connectivity index (χ1v) is 11.1. The molecular weight excluding hydrogens is 340 g/mol. The molecule has 0 radical (unpaired) electrons. The summed E-state index contributed by atoms with van der Waals surface area (Å²) in [7, 11) is 0. The zero-order valence-electron chi connectivity index (χ0n) is 18.6. The van der Waals surface area contributed by atoms with Gasteiger partial charge in [0, 0.05) is 0 Å². The fourth-order valence-electron chi connectivity index (χ4n) is 2.71. The second-order valence-corrected chi connectivity index (χ2v) is 8.78. The number of carbonyl (C=O) groups excluding carboxylic acids is 2. The molecular formula is C23H44O4. The zero-order chi connectivity index (χ0) is 20.5. The van der Waals surface area contributed by atoms with Crippen molar-refractivity contribution in [2.24, 2.45) is 5.41 Å². The Morgan fingerprint density at radius 2 is 1.19 bits per heavy atom. The first kappa shape index (κ1) is 25.9. The van der Waals surface area contributed by atoms with Crippen molar-refractivity contribution in [2.45, 2.75) is 124 Å². The van der Waals surface area contributed by atoms with Crippen molar-refractivity contribution in [1.82, 2.24) is 0 Å². The van der Waals surface area contributed by atoms with Gasteiger partial charge < -0.3 is 9.47 Å². The molecule has 0 fully saturated rings. The maximum Gasteiger partial charge on any atom is 0.317 e. The maximum atomic E-state index is 11.7. The van der Waals surface area contributed by atoms with Gasteiger partial charge in [-0.2, -0.15) is 0 Å². The summed E-state index contributed by atoms with van der Waals surface area (Å²) in [6.07, 6.45) is 14.8. The highest BCUT2D eigenvalue weighted by atomic mass is 16.6. The first-order valence-electron chi connectivity index (χ1n) is 11.1. The van der Waals surface area contributed by atoms with Gasteiger partial charge in [0.15, 0.2) is 0 Å². The predicted molar refractivity (Wildman–Crippen MR) is 112 cm³/mol. The van der Waals surface area contributed by atoms with Gasteiger partial charge in [0.2, 0.25) is 0 Å². The third-order valence-corrected chi connectivity index (χ3v) is 5.08. The molecule has 0 aromatic rings. The quantitative estimate of drug-likeness (QED) is 0.171. The number of unbranched alkanes of at least 4 members (excludes halogenated alkanes) is 11. The summed E-state index contributed by atoms with van der Waals surface area (Å²) in [4.78, 5) is 23.4. The SMILES string of the molecule is CCCCCCCCCCCCCCOC(=O)CC(=O)OC(C)C(C)(C)C. The van der Waals surface area contributed by atoms with E-state index in [1.807, 2.05) is 27.7 Å². The molecule has 0 aliphatic carbocycles. The molecule has 1 atom stereocenters. The number of hydrogen-bond donors (Lipinski definition) is 0. The molecule has 4 heteroatoms. The van der Waals surface area contributed by atoms with Crippen molar-refractivity contribution in [3.05, 3.63) is 0 Å². The van der Waals surface area contributed by atoms with Crippen LogP contribution < -0.4 is 0 Å². The van der Waals surface area contributed by atoms with Gasteiger partial charge in [0.25, 0.3) is 0 Å². The van der Waals surface area contributed by atoms with Crippen LogP contribution in [-0.4, -0.2) is 24.6 Å². The van der Waals surface area contributed by atoms with Gasteiger partial charge in [-0.1, -0.05) is 98.3 Å². The molecule has 0 aromatic heterocycles. The molecule has 1 unspecified atom stereocenters. The Morgan fingerprint density at radius 3 is 1.63 bits per heavy atom. The molecule has 160 valence electrons. The van der Waals surface area contributed by atoms with Gasteiger partial charge in [0.1, 0.15) is 12.5 Å². The number of carbonyl (C=O) groups is 2. The lowest BCUT2D eigenvalue weighted by Gasteiger charge is -2.26. The highest BCUT2D eigenvalue weighted by Gasteiger charge is 2.24. The lowest BCUT2D eigenvalue weighted by Crippen LogP contribution is -2.29. The van der Waals surface area contributed by atoms with Gasteiger partial charge in [-0.15, -0.1) is 0 Å². The molecule has 4 nitrogen and oxygen atoms in total. The van der Waals surface area contributed by atoms with Gasteiger partial charge >= 0.3 is 11.9 Å². The Balaban J connectivity index is 3.45. The standard InChI is InChI=1S/C23H44O4/c1-6-7-8-9-10-11-12-13-14-15-16-17-18-26-21(24)19-22(25)27-20(2)23(3,4)5/h20H,6-19H2,1-5H3. The van der Waals surface area contributed by atoms with Crippen molar-refractivity contribution >= 4 is 11.9 Å². The largest absolute Gasteiger partial charge is 0.465 e. The van der Waals surface area contributed by atoms with Crippen LogP contribution in [0.25, 0.3) is 0 Å². The van der Waals surface area contributed by atoms with Crippen LogP contribution in [0, 0.1) is 5.41 Å². The Morgan fingerprint density at radius 1 is 0.741 bits per heavy atom. The molecule has 0 heterocycles. The smallest absolute Gasteiger partial charge is 0.317 e. The van der Waals surface area contributed by atoms with E-state index in [4.69, 9.17) is 9.47 Å². The normalized spacial score (nSPS) is 12.6. The van der Waals surface area contributed by atoms with E-state index < -0.39 is 11.9 Å². The van der Waals surface area contributed by atoms with Crippen LogP contribution in [-0.2, 0) is 19.1 Å². The van der Waals surface area contributed by atoms with E-state index in [-0.39, 0.29) is 17.9 Å². The Hall–Kier alpha value is -1.06. The second kappa shape index (κ2) is 15.9. The Bertz CT molecular complexity index is 384. The average Bonchev–Trinajstić information content (AvgIpc) is 2.58. The number of rotatable bonds is 16. The second-order valence-electron chi connectivity index (χ2n) is 8.78. The molecule has 27 heavy (non-hydrogen) atoms. The highest BCUT2D eigenvalue weighted by molar-refractivity contribution is 5.91. The molecule has 0 aliphatic heterocycles. The molecule has 0 aromatic carbocycles. The molecule has 0 aliphatic rings. The third-order valence-electron chi connectivity index (χ3n) is 5.08. The summed E-state index contributed by atoms with van der Waals surface area (Å²) in [6.45, 7) is 10.5. The summed E-state index contributed by atoms with van der Waals surface area (Å²) in [5, 5.41) is 0. The minimum Gasteiger partial charge on any atom is -0.465 e. The summed E-state index contributed by atoms with van der Waals surface area (Å²) in [5.74, 6) is -0.985. The van der Waals surface area contributed by atoms with E-state index in [9.17, 15) is 9.59 Å². The summed E-state index contributed by atoms with van der Waals surface area (Å²) >= 11 is 0. The fourth-order valence-corrected chi connectivity index (χ4v) is 2.71. The molecule has 0 bridgehead atoms. The van der Waals surface area contributed by atoms with E-state index in [0.29, 0.717) is 6.61 Å². The minimum absolute atomic E-state index is 0.130. The number of esters is 2. The maximum absolute atomic E-state index is 11.7. The van der Waals surface area contributed by atoms with Crippen molar-refractivity contribution in [3.63, 3.8) is 0 Å². The minimum atomic E-state index is -0.503. The van der Waals surface area contributed by atoms with E-state index in [1.165, 1.54) is 64.2 Å². The van der Waals surface area contributed by atoms with Crippen LogP contribution in [0.2, 0.25) is 0 Å². The van der Waals surface area contributed by atoms with Crippen LogP contribution in [0.1, 0.15) is 118 Å². The summed E-state index contributed by atoms with van der Waals surface area (Å²) in [6, 6.07) is 0. The molecule has 0 saturated carbocycles. The molecule has 0 amide bonds. The van der Waals surface area contributed by atoms with Gasteiger partial charge in [-0.3, -0.25) is 9.59 Å². The monoisotopic (exact) mass is 384 g/mol. The Labute approximate surface area is 167 Å². The van der Waals surface area contributed by atoms with E-state index in [1.54, 1.807) is 0 Å². The lowest BCUT2D eigenvalue weighted by atomic mass is 9.90. The van der Waals surface area contributed by atoms with Gasteiger partial charge in [-0.25, -0.2) is 0 Å². The Kier molecular flexibility index (Phi) is 15.3. The number of ether oxygens (including phenoxy) is 2. The number of hydrogen-bond acceptors (Lipinski definition) is 4. The van der Waals surface area contributed by atoms with Crippen LogP contribution in [0.4, 0.5) is 0 Å². The van der Waals surface area contributed by atoms with Crippen molar-refractivity contribution < 1.29 is 19.1 Å². The summed E-state index contributed by atoms with van der Waals surface area (Å²) < 4.78 is 10.4. The first-order chi connectivity index (χ1) is 12.8. The van der Waals surface area contributed by atoms with Crippen LogP contribution in [0.5, 0.6) is 0 Å². The third kappa shape index (κ3) is 16.8. The lowest BCUT2D eigenvalue weighted by molar-refractivity contribution is -0.160. The molecule has 0 N–H and O–H groups in total. The highest BCUT2D eigenvalue weighted by Crippen LogP contribution is 2.22. The molecule has 0 spiro atoms. The van der Waals surface area contributed by atoms with Crippen LogP contribution >= 0.6 is 0 Å². The van der Waals surface area contributed by atoms with Crippen molar-refractivity contribution in [1.29, 1.82) is 0 Å². The van der Waals surface area contributed by atoms with Crippen molar-refractivity contribution in [2.75, 3.05) is 6.61 Å². The van der Waals surface area contributed by atoms with E-state index in [0.717, 1.165) is 12.8 Å².